The molecule has 3 rings (SSSR count). The number of rotatable bonds is 6. The molecule has 0 saturated carbocycles. The lowest BCUT2D eigenvalue weighted by Crippen LogP contribution is -2.12. The van der Waals surface area contributed by atoms with Crippen molar-refractivity contribution in [2.75, 3.05) is 17.2 Å². The molecule has 30 heavy (non-hydrogen) atoms. The highest BCUT2D eigenvalue weighted by Crippen LogP contribution is 2.34. The Kier molecular flexibility index (Phi) is 6.40. The van der Waals surface area contributed by atoms with Crippen LogP contribution in [-0.2, 0) is 0 Å². The quantitative estimate of drug-likeness (QED) is 0.408. The van der Waals surface area contributed by atoms with Crippen molar-refractivity contribution in [3.63, 3.8) is 0 Å². The van der Waals surface area contributed by atoms with E-state index in [1.165, 1.54) is 12.3 Å². The average molecular weight is 422 g/mol. The van der Waals surface area contributed by atoms with E-state index in [4.69, 9.17) is 18.0 Å². The van der Waals surface area contributed by atoms with Crippen LogP contribution in [0.3, 0.4) is 0 Å². The van der Waals surface area contributed by atoms with Gasteiger partial charge >= 0.3 is 0 Å². The summed E-state index contributed by atoms with van der Waals surface area (Å²) in [5, 5.41) is 17.2. The molecule has 0 bridgehead atoms. The lowest BCUT2D eigenvalue weighted by molar-refractivity contribution is 0.578. The second-order valence-electron chi connectivity index (χ2n) is 7.34. The molecule has 152 valence electrons. The van der Waals surface area contributed by atoms with Crippen molar-refractivity contribution in [3.8, 4) is 18.4 Å². The highest BCUT2D eigenvalue weighted by atomic mass is 35.5. The van der Waals surface area contributed by atoms with Crippen molar-refractivity contribution in [3.05, 3.63) is 58.3 Å². The molecule has 0 aliphatic carbocycles. The first kappa shape index (κ1) is 21.4. The largest absolute Gasteiger partial charge is 0.383 e. The predicted molar refractivity (Wildman–Crippen MR) is 119 cm³/mol. The molecule has 0 fully saturated rings. The number of terminal acetylenes is 1. The monoisotopic (exact) mass is 421 g/mol. The first-order valence-corrected chi connectivity index (χ1v) is 9.83. The summed E-state index contributed by atoms with van der Waals surface area (Å²) in [6.45, 7) is 6.56. The molecule has 3 aromatic rings. The summed E-state index contributed by atoms with van der Waals surface area (Å²) in [4.78, 5) is 8.19. The summed E-state index contributed by atoms with van der Waals surface area (Å²) < 4.78 is 13.4. The van der Waals surface area contributed by atoms with Gasteiger partial charge in [0.1, 0.15) is 12.1 Å². The first-order valence-electron chi connectivity index (χ1n) is 9.46. The van der Waals surface area contributed by atoms with Crippen LogP contribution in [0.1, 0.15) is 36.7 Å². The molecular formula is C23H21ClFN5. The fourth-order valence-electron chi connectivity index (χ4n) is 3.15. The van der Waals surface area contributed by atoms with E-state index < -0.39 is 12.0 Å². The number of nitrogens with zero attached hydrogens (tertiary/aromatic N) is 3. The van der Waals surface area contributed by atoms with E-state index in [1.807, 2.05) is 6.07 Å². The van der Waals surface area contributed by atoms with Gasteiger partial charge in [-0.2, -0.15) is 9.65 Å². The normalized spacial score (nSPS) is 11.7. The van der Waals surface area contributed by atoms with Crippen molar-refractivity contribution >= 4 is 33.9 Å². The Labute approximate surface area is 180 Å². The standard InChI is InChI=1S/C23H21ClFN5/c1-5-20(17-6-7-21(25)29-14(17)4)30-16-8-18-22(27-11-13(2)3)15(10-26)12-28-23(18)19(24)9-16/h1,6-9,12-13,20,30H,11H2,2-4H3,(H,27,28)/t20-/m1/s1. The van der Waals surface area contributed by atoms with Crippen molar-refractivity contribution in [1.82, 2.24) is 9.97 Å². The summed E-state index contributed by atoms with van der Waals surface area (Å²) >= 11 is 6.49. The molecule has 1 aromatic carbocycles. The van der Waals surface area contributed by atoms with E-state index >= 15 is 0 Å². The third-order valence-corrected chi connectivity index (χ3v) is 4.90. The van der Waals surface area contributed by atoms with Gasteiger partial charge in [-0.15, -0.1) is 6.42 Å². The number of aromatic nitrogens is 2. The molecule has 2 N–H and O–H groups in total. The van der Waals surface area contributed by atoms with Crippen LogP contribution in [-0.4, -0.2) is 16.5 Å². The van der Waals surface area contributed by atoms with Crippen molar-refractivity contribution in [1.29, 1.82) is 5.26 Å². The number of fused-ring (bicyclic) bond motifs is 1. The van der Waals surface area contributed by atoms with E-state index in [0.29, 0.717) is 51.2 Å². The summed E-state index contributed by atoms with van der Waals surface area (Å²) in [7, 11) is 0. The maximum absolute atomic E-state index is 13.4. The Bertz CT molecular complexity index is 1180. The fraction of sp³-hybridized carbons (Fsp3) is 0.261. The molecule has 0 saturated heterocycles. The molecule has 0 amide bonds. The number of hydrogen-bond donors (Lipinski definition) is 2. The van der Waals surface area contributed by atoms with Crippen LogP contribution in [0, 0.1) is 42.5 Å². The molecule has 0 radical (unpaired) electrons. The SMILES string of the molecule is C#C[C@@H](Nc1cc(Cl)c2ncc(C#N)c(NCC(C)C)c2c1)c1ccc(F)nc1C. The minimum absolute atomic E-state index is 0.385. The Morgan fingerprint density at radius 3 is 2.70 bits per heavy atom. The fourth-order valence-corrected chi connectivity index (χ4v) is 3.41. The molecule has 1 atom stereocenters. The molecule has 2 heterocycles. The molecule has 0 aliphatic rings. The van der Waals surface area contributed by atoms with Crippen LogP contribution >= 0.6 is 11.6 Å². The number of anilines is 2. The molecule has 7 heteroatoms. The minimum Gasteiger partial charge on any atom is -0.383 e. The number of aryl methyl sites for hydroxylation is 1. The second-order valence-corrected chi connectivity index (χ2v) is 7.75. The number of nitrogens with one attached hydrogen (secondary N) is 2. The molecule has 0 unspecified atom stereocenters. The Morgan fingerprint density at radius 2 is 2.07 bits per heavy atom. The van der Waals surface area contributed by atoms with E-state index in [9.17, 15) is 9.65 Å². The molecule has 5 nitrogen and oxygen atoms in total. The Balaban J connectivity index is 2.07. The summed E-state index contributed by atoms with van der Waals surface area (Å²) in [6, 6.07) is 8.11. The molecular weight excluding hydrogens is 401 g/mol. The van der Waals surface area contributed by atoms with Gasteiger partial charge < -0.3 is 10.6 Å². The highest BCUT2D eigenvalue weighted by Gasteiger charge is 2.16. The van der Waals surface area contributed by atoms with Gasteiger partial charge in [0.15, 0.2) is 0 Å². The molecule has 0 aliphatic heterocycles. The first-order chi connectivity index (χ1) is 14.3. The van der Waals surface area contributed by atoms with Gasteiger partial charge in [-0.05, 0) is 37.1 Å². The van der Waals surface area contributed by atoms with Crippen LogP contribution in [0.4, 0.5) is 15.8 Å². The topological polar surface area (TPSA) is 73.6 Å². The van der Waals surface area contributed by atoms with E-state index in [0.717, 1.165) is 5.39 Å². The number of benzene rings is 1. The highest BCUT2D eigenvalue weighted by molar-refractivity contribution is 6.35. The van der Waals surface area contributed by atoms with Gasteiger partial charge in [0.05, 0.1) is 21.8 Å². The molecule has 2 aromatic heterocycles. The van der Waals surface area contributed by atoms with Crippen LogP contribution < -0.4 is 10.6 Å². The van der Waals surface area contributed by atoms with Gasteiger partial charge in [-0.3, -0.25) is 4.98 Å². The summed E-state index contributed by atoms with van der Waals surface area (Å²) in [5.41, 5.74) is 3.55. The van der Waals surface area contributed by atoms with E-state index in [2.05, 4.69) is 46.4 Å². The van der Waals surface area contributed by atoms with Gasteiger partial charge in [-0.25, -0.2) is 4.98 Å². The average Bonchev–Trinajstić information content (AvgIpc) is 2.70. The van der Waals surface area contributed by atoms with E-state index in [1.54, 1.807) is 19.1 Å². The minimum atomic E-state index is -0.559. The zero-order valence-electron chi connectivity index (χ0n) is 16.9. The van der Waals surface area contributed by atoms with Crippen molar-refractivity contribution in [2.24, 2.45) is 5.92 Å². The Hall–Kier alpha value is -3.35. The number of nitriles is 1. The van der Waals surface area contributed by atoms with E-state index in [-0.39, 0.29) is 0 Å². The van der Waals surface area contributed by atoms with Crippen LogP contribution in [0.15, 0.2) is 30.5 Å². The lowest BCUT2D eigenvalue weighted by Gasteiger charge is -2.19. The van der Waals surface area contributed by atoms with Gasteiger partial charge in [0.2, 0.25) is 5.95 Å². The van der Waals surface area contributed by atoms with Crippen LogP contribution in [0.5, 0.6) is 0 Å². The van der Waals surface area contributed by atoms with Crippen LogP contribution in [0.25, 0.3) is 10.9 Å². The van der Waals surface area contributed by atoms with Gasteiger partial charge in [-0.1, -0.05) is 31.4 Å². The molecule has 0 spiro atoms. The van der Waals surface area contributed by atoms with Crippen molar-refractivity contribution < 1.29 is 4.39 Å². The summed E-state index contributed by atoms with van der Waals surface area (Å²) in [6.07, 6.45) is 7.25. The number of pyridine rings is 2. The maximum Gasteiger partial charge on any atom is 0.213 e. The van der Waals surface area contributed by atoms with Crippen LogP contribution in [0.2, 0.25) is 5.02 Å². The van der Waals surface area contributed by atoms with Gasteiger partial charge in [0.25, 0.3) is 0 Å². The van der Waals surface area contributed by atoms with Gasteiger partial charge in [0, 0.05) is 35.1 Å². The summed E-state index contributed by atoms with van der Waals surface area (Å²) in [5.74, 6) is 2.50. The third kappa shape index (κ3) is 4.45. The second kappa shape index (κ2) is 8.98. The number of halogens is 2. The van der Waals surface area contributed by atoms with Crippen molar-refractivity contribution in [2.45, 2.75) is 26.8 Å². The maximum atomic E-state index is 13.4. The smallest absolute Gasteiger partial charge is 0.213 e. The number of hydrogen-bond acceptors (Lipinski definition) is 5. The lowest BCUT2D eigenvalue weighted by atomic mass is 10.0. The Morgan fingerprint density at radius 1 is 1.30 bits per heavy atom. The predicted octanol–water partition coefficient (Wildman–Crippen LogP) is 5.46. The third-order valence-electron chi connectivity index (χ3n) is 4.61. The zero-order valence-corrected chi connectivity index (χ0v) is 17.7. The zero-order chi connectivity index (χ0) is 21.8.